The van der Waals surface area contributed by atoms with E-state index in [9.17, 15) is 4.79 Å². The molecule has 0 spiro atoms. The van der Waals surface area contributed by atoms with Crippen LogP contribution in [0.25, 0.3) is 0 Å². The zero-order valence-electron chi connectivity index (χ0n) is 14.5. The third-order valence-electron chi connectivity index (χ3n) is 4.00. The first-order valence-electron chi connectivity index (χ1n) is 8.52. The number of carbonyl (C=O) groups excluding carboxylic acids is 1. The number of ether oxygens (including phenoxy) is 1. The van der Waals surface area contributed by atoms with Crippen molar-refractivity contribution in [3.63, 3.8) is 0 Å². The summed E-state index contributed by atoms with van der Waals surface area (Å²) in [7, 11) is 0. The van der Waals surface area contributed by atoms with Crippen LogP contribution in [0, 0.1) is 0 Å². The third-order valence-corrected chi connectivity index (χ3v) is 4.00. The Kier molecular flexibility index (Phi) is 5.84. The van der Waals surface area contributed by atoms with Crippen LogP contribution in [0.15, 0.2) is 97.6 Å². The summed E-state index contributed by atoms with van der Waals surface area (Å²) in [6.07, 6.45) is 1.17. The molecule has 3 rings (SSSR count). The smallest absolute Gasteiger partial charge is 0.335 e. The minimum Gasteiger partial charge on any atom is -0.423 e. The molecule has 26 heavy (non-hydrogen) atoms. The van der Waals surface area contributed by atoms with Crippen molar-refractivity contribution in [2.45, 2.75) is 13.1 Å². The van der Waals surface area contributed by atoms with Gasteiger partial charge in [-0.25, -0.2) is 4.79 Å². The topological polar surface area (TPSA) is 29.5 Å². The fourth-order valence-electron chi connectivity index (χ4n) is 2.75. The predicted octanol–water partition coefficient (Wildman–Crippen LogP) is 4.98. The maximum Gasteiger partial charge on any atom is 0.335 e. The van der Waals surface area contributed by atoms with Gasteiger partial charge in [-0.3, -0.25) is 0 Å². The highest BCUT2D eigenvalue weighted by molar-refractivity contribution is 5.83. The quantitative estimate of drug-likeness (QED) is 0.344. The number of benzene rings is 3. The maximum absolute atomic E-state index is 11.5. The van der Waals surface area contributed by atoms with Crippen molar-refractivity contribution in [3.05, 3.63) is 109 Å². The molecule has 0 aliphatic rings. The maximum atomic E-state index is 11.5. The van der Waals surface area contributed by atoms with Crippen LogP contribution in [0.4, 0.5) is 5.69 Å². The monoisotopic (exact) mass is 343 g/mol. The summed E-state index contributed by atoms with van der Waals surface area (Å²) in [6, 6.07) is 28.2. The van der Waals surface area contributed by atoms with E-state index in [1.165, 1.54) is 17.2 Å². The van der Waals surface area contributed by atoms with Crippen molar-refractivity contribution in [1.29, 1.82) is 0 Å². The van der Waals surface area contributed by atoms with E-state index in [1.54, 1.807) is 6.07 Å². The Morgan fingerprint density at radius 3 is 1.96 bits per heavy atom. The van der Waals surface area contributed by atoms with E-state index in [2.05, 4.69) is 35.7 Å². The summed E-state index contributed by atoms with van der Waals surface area (Å²) in [5.41, 5.74) is 3.43. The lowest BCUT2D eigenvalue weighted by atomic mass is 10.1. The molecule has 3 aromatic carbocycles. The zero-order chi connectivity index (χ0) is 18.2. The first-order valence-corrected chi connectivity index (χ1v) is 8.52. The molecule has 0 bridgehead atoms. The fraction of sp³-hybridized carbons (Fsp3) is 0.0870. The molecule has 0 aliphatic carbocycles. The van der Waals surface area contributed by atoms with E-state index >= 15 is 0 Å². The molecule has 0 unspecified atom stereocenters. The highest BCUT2D eigenvalue weighted by Crippen LogP contribution is 2.25. The number of anilines is 1. The van der Waals surface area contributed by atoms with E-state index in [0.717, 1.165) is 18.8 Å². The van der Waals surface area contributed by atoms with Crippen LogP contribution in [-0.4, -0.2) is 5.97 Å². The first kappa shape index (κ1) is 17.5. The molecule has 0 aromatic heterocycles. The van der Waals surface area contributed by atoms with E-state index in [1.807, 2.05) is 54.6 Å². The standard InChI is InChI=1S/C23H21NO2/c1-2-23(25)26-22-15-9-14-21(16-22)24(17-19-10-5-3-6-11-19)18-20-12-7-4-8-13-20/h2-16H,1,17-18H2. The Bertz CT molecular complexity index is 818. The molecule has 0 atom stereocenters. The highest BCUT2D eigenvalue weighted by atomic mass is 16.5. The summed E-state index contributed by atoms with van der Waals surface area (Å²) in [5.74, 6) is 0.0540. The average molecular weight is 343 g/mol. The molecule has 0 heterocycles. The molecule has 130 valence electrons. The first-order chi connectivity index (χ1) is 12.7. The van der Waals surface area contributed by atoms with Crippen molar-refractivity contribution in [2.75, 3.05) is 4.90 Å². The third kappa shape index (κ3) is 4.84. The zero-order valence-corrected chi connectivity index (χ0v) is 14.5. The van der Waals surface area contributed by atoms with Gasteiger partial charge in [0.1, 0.15) is 5.75 Å². The Morgan fingerprint density at radius 2 is 1.42 bits per heavy atom. The molecular formula is C23H21NO2. The summed E-state index contributed by atoms with van der Waals surface area (Å²) in [6.45, 7) is 4.96. The highest BCUT2D eigenvalue weighted by Gasteiger charge is 2.10. The molecule has 0 N–H and O–H groups in total. The van der Waals surface area contributed by atoms with Gasteiger partial charge in [0.15, 0.2) is 0 Å². The van der Waals surface area contributed by atoms with Crippen molar-refractivity contribution in [1.82, 2.24) is 0 Å². The molecule has 0 fully saturated rings. The molecule has 3 nitrogen and oxygen atoms in total. The van der Waals surface area contributed by atoms with Gasteiger partial charge >= 0.3 is 5.97 Å². The summed E-state index contributed by atoms with van der Waals surface area (Å²) < 4.78 is 5.27. The number of nitrogens with zero attached hydrogens (tertiary/aromatic N) is 1. The Labute approximate surface area is 154 Å². The van der Waals surface area contributed by atoms with Gasteiger partial charge in [-0.2, -0.15) is 0 Å². The van der Waals surface area contributed by atoms with E-state index in [-0.39, 0.29) is 0 Å². The van der Waals surface area contributed by atoms with E-state index in [4.69, 9.17) is 4.74 Å². The lowest BCUT2D eigenvalue weighted by molar-refractivity contribution is -0.128. The van der Waals surface area contributed by atoms with Gasteiger partial charge in [-0.15, -0.1) is 0 Å². The van der Waals surface area contributed by atoms with Gasteiger partial charge in [-0.05, 0) is 23.3 Å². The second-order valence-corrected chi connectivity index (χ2v) is 5.95. The van der Waals surface area contributed by atoms with Gasteiger partial charge < -0.3 is 9.64 Å². The molecule has 3 aromatic rings. The Balaban J connectivity index is 1.88. The summed E-state index contributed by atoms with van der Waals surface area (Å²) in [5, 5.41) is 0. The van der Waals surface area contributed by atoms with Crippen LogP contribution in [0.5, 0.6) is 5.75 Å². The Morgan fingerprint density at radius 1 is 0.846 bits per heavy atom. The van der Waals surface area contributed by atoms with Crippen LogP contribution >= 0.6 is 0 Å². The lowest BCUT2D eigenvalue weighted by Crippen LogP contribution is -2.22. The van der Waals surface area contributed by atoms with Crippen LogP contribution in [0.3, 0.4) is 0 Å². The fourth-order valence-corrected chi connectivity index (χ4v) is 2.75. The number of hydrogen-bond donors (Lipinski definition) is 0. The second kappa shape index (κ2) is 8.67. The number of carbonyl (C=O) groups is 1. The van der Waals surface area contributed by atoms with Gasteiger partial charge in [0.05, 0.1) is 0 Å². The van der Waals surface area contributed by atoms with Gasteiger partial charge in [0, 0.05) is 30.9 Å². The van der Waals surface area contributed by atoms with E-state index < -0.39 is 5.97 Å². The number of rotatable bonds is 7. The predicted molar refractivity (Wildman–Crippen MR) is 105 cm³/mol. The van der Waals surface area contributed by atoms with Crippen molar-refractivity contribution >= 4 is 11.7 Å². The normalized spacial score (nSPS) is 10.2. The van der Waals surface area contributed by atoms with Crippen molar-refractivity contribution in [2.24, 2.45) is 0 Å². The van der Waals surface area contributed by atoms with E-state index in [0.29, 0.717) is 5.75 Å². The van der Waals surface area contributed by atoms with Gasteiger partial charge in [-0.1, -0.05) is 73.3 Å². The largest absolute Gasteiger partial charge is 0.423 e. The van der Waals surface area contributed by atoms with Crippen LogP contribution in [0.2, 0.25) is 0 Å². The number of hydrogen-bond acceptors (Lipinski definition) is 3. The number of esters is 1. The molecule has 0 radical (unpaired) electrons. The lowest BCUT2D eigenvalue weighted by Gasteiger charge is -2.25. The molecule has 0 saturated heterocycles. The Hall–Kier alpha value is -3.33. The van der Waals surface area contributed by atoms with Gasteiger partial charge in [0.25, 0.3) is 0 Å². The summed E-state index contributed by atoms with van der Waals surface area (Å²) >= 11 is 0. The molecule has 0 saturated carbocycles. The summed E-state index contributed by atoms with van der Waals surface area (Å²) in [4.78, 5) is 13.8. The molecular weight excluding hydrogens is 322 g/mol. The molecule has 3 heteroatoms. The van der Waals surface area contributed by atoms with Crippen molar-refractivity contribution < 1.29 is 9.53 Å². The van der Waals surface area contributed by atoms with Crippen LogP contribution in [-0.2, 0) is 17.9 Å². The second-order valence-electron chi connectivity index (χ2n) is 5.95. The van der Waals surface area contributed by atoms with Crippen LogP contribution in [0.1, 0.15) is 11.1 Å². The minimum absolute atomic E-state index is 0.459. The molecule has 0 amide bonds. The SMILES string of the molecule is C=CC(=O)Oc1cccc(N(Cc2ccccc2)Cc2ccccc2)c1. The van der Waals surface area contributed by atoms with Crippen molar-refractivity contribution in [3.8, 4) is 5.75 Å². The molecule has 0 aliphatic heterocycles. The van der Waals surface area contributed by atoms with Gasteiger partial charge in [0.2, 0.25) is 0 Å². The minimum atomic E-state index is -0.459. The average Bonchev–Trinajstić information content (AvgIpc) is 2.69. The van der Waals surface area contributed by atoms with Crippen LogP contribution < -0.4 is 9.64 Å².